The number of aromatic amines is 1. The van der Waals surface area contributed by atoms with E-state index in [2.05, 4.69) is 32.6 Å². The van der Waals surface area contributed by atoms with Gasteiger partial charge in [-0.3, -0.25) is 0 Å². The Morgan fingerprint density at radius 1 is 1.59 bits per heavy atom. The lowest BCUT2D eigenvalue weighted by molar-refractivity contribution is 0.356. The molecule has 0 aliphatic carbocycles. The van der Waals surface area contributed by atoms with Crippen LogP contribution in [-0.2, 0) is 0 Å². The van der Waals surface area contributed by atoms with E-state index in [-0.39, 0.29) is 0 Å². The van der Waals surface area contributed by atoms with Gasteiger partial charge in [-0.15, -0.1) is 0 Å². The van der Waals surface area contributed by atoms with Crippen LogP contribution >= 0.6 is 11.9 Å². The summed E-state index contributed by atoms with van der Waals surface area (Å²) >= 11 is 1.95. The second kappa shape index (κ2) is 7.03. The van der Waals surface area contributed by atoms with Gasteiger partial charge in [0.05, 0.1) is 10.9 Å². The van der Waals surface area contributed by atoms with Gasteiger partial charge in [0.2, 0.25) is 0 Å². The molecular weight excluding hydrogens is 294 g/mol. The zero-order valence-electron chi connectivity index (χ0n) is 12.8. The smallest absolute Gasteiger partial charge is 0.140 e. The van der Waals surface area contributed by atoms with E-state index in [1.54, 1.807) is 12.4 Å². The number of fused-ring (bicyclic) bond motifs is 1. The van der Waals surface area contributed by atoms with Crippen molar-refractivity contribution in [3.8, 4) is 6.07 Å². The molecule has 0 saturated carbocycles. The average Bonchev–Trinajstić information content (AvgIpc) is 2.97. The second-order valence-electron chi connectivity index (χ2n) is 5.60. The fourth-order valence-electron chi connectivity index (χ4n) is 2.88. The number of anilines is 1. The molecule has 3 rings (SSSR count). The highest BCUT2D eigenvalue weighted by Gasteiger charge is 2.21. The van der Waals surface area contributed by atoms with Crippen LogP contribution in [0.3, 0.4) is 0 Å². The number of hydrogen-bond donors (Lipinski definition) is 2. The Balaban J connectivity index is 1.75. The summed E-state index contributed by atoms with van der Waals surface area (Å²) in [5, 5.41) is 13.8. The zero-order valence-corrected chi connectivity index (χ0v) is 13.6. The number of hydrogen-bond acceptors (Lipinski definition) is 5. The molecule has 2 aromatic rings. The molecule has 0 amide bonds. The summed E-state index contributed by atoms with van der Waals surface area (Å²) in [4.78, 5) is 7.36. The first-order valence-corrected chi connectivity index (χ1v) is 8.76. The van der Waals surface area contributed by atoms with Crippen molar-refractivity contribution < 1.29 is 0 Å². The molecule has 116 valence electrons. The van der Waals surface area contributed by atoms with E-state index in [4.69, 9.17) is 0 Å². The number of nitrogens with zero attached hydrogens (tertiary/aromatic N) is 3. The van der Waals surface area contributed by atoms with Crippen LogP contribution in [0.2, 0.25) is 0 Å². The normalized spacial score (nSPS) is 19.2. The molecule has 1 fully saturated rings. The first-order chi connectivity index (χ1) is 10.8. The predicted octanol–water partition coefficient (Wildman–Crippen LogP) is 3.37. The molecule has 0 aromatic carbocycles. The monoisotopic (exact) mass is 315 g/mol. The summed E-state index contributed by atoms with van der Waals surface area (Å²) in [6.45, 7) is 4.43. The van der Waals surface area contributed by atoms with Crippen molar-refractivity contribution in [1.82, 2.24) is 14.3 Å². The van der Waals surface area contributed by atoms with Crippen molar-refractivity contribution in [1.29, 1.82) is 5.26 Å². The Morgan fingerprint density at radius 3 is 3.32 bits per heavy atom. The fourth-order valence-corrected chi connectivity index (χ4v) is 3.87. The number of rotatable bonds is 5. The van der Waals surface area contributed by atoms with E-state index in [9.17, 15) is 5.26 Å². The minimum absolute atomic E-state index is 0.421. The van der Waals surface area contributed by atoms with E-state index in [1.165, 1.54) is 31.6 Å². The number of H-pyrrole nitrogens is 1. The van der Waals surface area contributed by atoms with Gasteiger partial charge < -0.3 is 10.3 Å². The van der Waals surface area contributed by atoms with Crippen molar-refractivity contribution in [3.05, 3.63) is 24.0 Å². The third kappa shape index (κ3) is 3.21. The topological polar surface area (TPSA) is 67.7 Å². The molecule has 0 bridgehead atoms. The second-order valence-corrected chi connectivity index (χ2v) is 6.78. The SMILES string of the molecule is CCCSN1CCC[C@@H](Nc2ccnc3[nH]cc(C#N)c23)C1. The van der Waals surface area contributed by atoms with E-state index in [1.807, 2.05) is 18.0 Å². The zero-order chi connectivity index (χ0) is 15.4. The Labute approximate surface area is 135 Å². The standard InChI is InChI=1S/C16H21N5S/c1-2-8-22-21-7-3-4-13(11-21)20-14-5-6-18-16-15(14)12(9-17)10-19-16/h5-6,10,13H,2-4,7-8,11H2,1H3,(H2,18,19,20)/t13-/m1/s1. The van der Waals surface area contributed by atoms with E-state index in [0.717, 1.165) is 23.3 Å². The number of aromatic nitrogens is 2. The lowest BCUT2D eigenvalue weighted by atomic mass is 10.1. The molecule has 2 aromatic heterocycles. The van der Waals surface area contributed by atoms with Crippen LogP contribution < -0.4 is 5.32 Å². The first kappa shape index (κ1) is 15.2. The van der Waals surface area contributed by atoms with Crippen LogP contribution in [-0.4, -0.2) is 39.2 Å². The highest BCUT2D eigenvalue weighted by atomic mass is 32.2. The van der Waals surface area contributed by atoms with Gasteiger partial charge >= 0.3 is 0 Å². The van der Waals surface area contributed by atoms with Crippen LogP contribution in [0.5, 0.6) is 0 Å². The van der Waals surface area contributed by atoms with Crippen molar-refractivity contribution >= 4 is 28.7 Å². The molecule has 3 heterocycles. The maximum absolute atomic E-state index is 9.26. The van der Waals surface area contributed by atoms with Crippen LogP contribution in [0, 0.1) is 11.3 Å². The highest BCUT2D eigenvalue weighted by Crippen LogP contribution is 2.27. The maximum atomic E-state index is 9.26. The van der Waals surface area contributed by atoms with Crippen LogP contribution in [0.25, 0.3) is 11.0 Å². The van der Waals surface area contributed by atoms with Gasteiger partial charge in [0.1, 0.15) is 11.7 Å². The molecular formula is C16H21N5S. The van der Waals surface area contributed by atoms with Crippen molar-refractivity contribution in [3.63, 3.8) is 0 Å². The molecule has 6 heteroatoms. The number of pyridine rings is 1. The predicted molar refractivity (Wildman–Crippen MR) is 91.8 cm³/mol. The Bertz CT molecular complexity index is 675. The Kier molecular flexibility index (Phi) is 4.86. The molecule has 22 heavy (non-hydrogen) atoms. The highest BCUT2D eigenvalue weighted by molar-refractivity contribution is 7.97. The van der Waals surface area contributed by atoms with Crippen LogP contribution in [0.15, 0.2) is 18.5 Å². The summed E-state index contributed by atoms with van der Waals surface area (Å²) in [5.74, 6) is 1.18. The molecule has 0 radical (unpaired) electrons. The number of nitriles is 1. The molecule has 1 atom stereocenters. The minimum Gasteiger partial charge on any atom is -0.380 e. The molecule has 2 N–H and O–H groups in total. The molecule has 5 nitrogen and oxygen atoms in total. The van der Waals surface area contributed by atoms with Gasteiger partial charge in [-0.1, -0.05) is 18.9 Å². The maximum Gasteiger partial charge on any atom is 0.140 e. The van der Waals surface area contributed by atoms with Gasteiger partial charge in [-0.05, 0) is 25.3 Å². The molecule has 1 aliphatic heterocycles. The number of nitrogens with one attached hydrogen (secondary N) is 2. The van der Waals surface area contributed by atoms with E-state index < -0.39 is 0 Å². The summed E-state index contributed by atoms with van der Waals surface area (Å²) in [5.41, 5.74) is 2.43. The van der Waals surface area contributed by atoms with Crippen molar-refractivity contribution in [2.24, 2.45) is 0 Å². The quantitative estimate of drug-likeness (QED) is 0.828. The molecule has 0 spiro atoms. The van der Waals surface area contributed by atoms with Gasteiger partial charge in [0.25, 0.3) is 0 Å². The molecule has 1 saturated heterocycles. The third-order valence-electron chi connectivity index (χ3n) is 3.92. The van der Waals surface area contributed by atoms with Gasteiger partial charge in [0.15, 0.2) is 0 Å². The van der Waals surface area contributed by atoms with Gasteiger partial charge in [0, 0.05) is 43.0 Å². The van der Waals surface area contributed by atoms with E-state index >= 15 is 0 Å². The largest absolute Gasteiger partial charge is 0.380 e. The first-order valence-electron chi connectivity index (χ1n) is 7.82. The minimum atomic E-state index is 0.421. The van der Waals surface area contributed by atoms with Crippen LogP contribution in [0.1, 0.15) is 31.7 Å². The summed E-state index contributed by atoms with van der Waals surface area (Å²) < 4.78 is 2.46. The average molecular weight is 315 g/mol. The molecule has 0 unspecified atom stereocenters. The Morgan fingerprint density at radius 2 is 2.50 bits per heavy atom. The lowest BCUT2D eigenvalue weighted by Gasteiger charge is -2.32. The summed E-state index contributed by atoms with van der Waals surface area (Å²) in [6, 6.07) is 4.63. The number of piperidine rings is 1. The van der Waals surface area contributed by atoms with Gasteiger partial charge in [-0.25, -0.2) is 9.29 Å². The van der Waals surface area contributed by atoms with Gasteiger partial charge in [-0.2, -0.15) is 5.26 Å². The van der Waals surface area contributed by atoms with Crippen molar-refractivity contribution in [2.75, 3.05) is 24.2 Å². The van der Waals surface area contributed by atoms with Crippen molar-refractivity contribution in [2.45, 2.75) is 32.2 Å². The summed E-state index contributed by atoms with van der Waals surface area (Å²) in [6.07, 6.45) is 7.10. The van der Waals surface area contributed by atoms with E-state index in [0.29, 0.717) is 11.6 Å². The Hall–Kier alpha value is -1.71. The fraction of sp³-hybridized carbons (Fsp3) is 0.500. The lowest BCUT2D eigenvalue weighted by Crippen LogP contribution is -2.38. The summed E-state index contributed by atoms with van der Waals surface area (Å²) in [7, 11) is 0. The third-order valence-corrected chi connectivity index (χ3v) is 5.20. The molecule has 1 aliphatic rings. The van der Waals surface area contributed by atoms with Crippen LogP contribution in [0.4, 0.5) is 5.69 Å².